The van der Waals surface area contributed by atoms with Gasteiger partial charge in [0.25, 0.3) is 0 Å². The molecule has 0 saturated heterocycles. The molecule has 0 aromatic rings. The van der Waals surface area contributed by atoms with Crippen molar-refractivity contribution in [3.63, 3.8) is 0 Å². The fraction of sp³-hybridized carbons (Fsp3) is 0. The summed E-state index contributed by atoms with van der Waals surface area (Å²) in [4.78, 5) is 3.25. The van der Waals surface area contributed by atoms with Crippen LogP contribution in [0.15, 0.2) is 0 Å². The van der Waals surface area contributed by atoms with Crippen molar-refractivity contribution in [1.29, 1.82) is 5.53 Å². The zero-order valence-electron chi connectivity index (χ0n) is 4.79. The summed E-state index contributed by atoms with van der Waals surface area (Å²) in [6.45, 7) is 0. The molecule has 0 aliphatic heterocycles. The molecular weight excluding hydrogens is 200 g/mol. The first-order valence-electron chi connectivity index (χ1n) is 1.49. The fourth-order valence-corrected chi connectivity index (χ4v) is 0. The van der Waals surface area contributed by atoms with Gasteiger partial charge in [0, 0.05) is 10.7 Å². The van der Waals surface area contributed by atoms with Crippen molar-refractivity contribution >= 4 is 20.0 Å². The van der Waals surface area contributed by atoms with Crippen LogP contribution >= 0.6 is 10.7 Å². The summed E-state index contributed by atoms with van der Waals surface area (Å²) in [5, 5.41) is 0. The van der Waals surface area contributed by atoms with Gasteiger partial charge in [-0.1, -0.05) is 0 Å². The average molecular weight is 202 g/mol. The number of nitrogens with one attached hydrogen (secondary N) is 1. The molecule has 9 nitrogen and oxygen atoms in total. The normalized spacial score (nSPS) is 6.73. The number of rotatable bonds is 0. The summed E-state index contributed by atoms with van der Waals surface area (Å²) in [6.07, 6.45) is 0. The molecule has 0 aliphatic rings. The molecule has 0 aliphatic carbocycles. The van der Waals surface area contributed by atoms with Crippen LogP contribution in [-0.4, -0.2) is 13.0 Å². The maximum absolute atomic E-state index is 8.95. The molecule has 0 aromatic carbocycles. The Labute approximate surface area is 65.7 Å². The van der Waals surface area contributed by atoms with Crippen molar-refractivity contribution in [3.05, 3.63) is 26.4 Å². The zero-order valence-corrected chi connectivity index (χ0v) is 6.36. The molecule has 0 saturated carbocycles. The highest BCUT2D eigenvalue weighted by atomic mass is 35.7. The fourth-order valence-electron chi connectivity index (χ4n) is 0. The molecule has 11 heteroatoms. The van der Waals surface area contributed by atoms with Crippen LogP contribution in [0.5, 0.6) is 0 Å². The molecule has 2 N–H and O–H groups in total. The standard InChI is InChI=1S/ClHO3S.HN3.N3/c1-5(2,3)4;2*1-3-2/h(H,2,3,4);1H;/q;;-1. The number of halogens is 1. The van der Waals surface area contributed by atoms with Gasteiger partial charge in [0.2, 0.25) is 0 Å². The third kappa shape index (κ3) is 295. The van der Waals surface area contributed by atoms with Gasteiger partial charge in [0.1, 0.15) is 0 Å². The maximum Gasteiger partial charge on any atom is 0.353 e. The van der Waals surface area contributed by atoms with E-state index in [4.69, 9.17) is 35.1 Å². The SMILES string of the molecule is O=S(=O)(O)Cl.[N-]=[N+]=N.[N-]=[N+]=[N-]. The Kier molecular flexibility index (Phi) is 17.3. The monoisotopic (exact) mass is 201 g/mol. The number of nitrogens with zero attached hydrogens (tertiary/aromatic N) is 5. The lowest BCUT2D eigenvalue weighted by atomic mass is 13.0. The summed E-state index contributed by atoms with van der Waals surface area (Å²) in [7, 11) is -0.137. The molecule has 0 spiro atoms. The molecule has 0 fully saturated rings. The molecular formula is H2ClN6O3S-. The smallest absolute Gasteiger partial charge is 0.353 e. The van der Waals surface area contributed by atoms with Crippen molar-refractivity contribution < 1.29 is 13.0 Å². The molecule has 0 amide bonds. The van der Waals surface area contributed by atoms with Crippen LogP contribution in [0.4, 0.5) is 0 Å². The van der Waals surface area contributed by atoms with E-state index in [1.54, 1.807) is 4.91 Å². The second-order valence-corrected chi connectivity index (χ2v) is 2.60. The van der Waals surface area contributed by atoms with E-state index in [0.717, 1.165) is 0 Å². The van der Waals surface area contributed by atoms with Gasteiger partial charge < -0.3 is 11.1 Å². The lowest BCUT2D eigenvalue weighted by Crippen LogP contribution is -1.77. The van der Waals surface area contributed by atoms with Crippen LogP contribution in [0, 0.1) is 5.53 Å². The van der Waals surface area contributed by atoms with E-state index in [1.165, 1.54) is 4.91 Å². The van der Waals surface area contributed by atoms with E-state index in [-0.39, 0.29) is 0 Å². The van der Waals surface area contributed by atoms with Crippen LogP contribution in [0.1, 0.15) is 0 Å². The van der Waals surface area contributed by atoms with E-state index in [0.29, 0.717) is 0 Å². The van der Waals surface area contributed by atoms with E-state index in [2.05, 4.69) is 10.7 Å². The van der Waals surface area contributed by atoms with Crippen molar-refractivity contribution in [3.8, 4) is 0 Å². The Bertz CT molecular complexity index is 209. The second-order valence-electron chi connectivity index (χ2n) is 0.602. The van der Waals surface area contributed by atoms with Gasteiger partial charge >= 0.3 is 9.33 Å². The summed E-state index contributed by atoms with van der Waals surface area (Å²) in [6, 6.07) is 0. The number of hydrogen-bond donors (Lipinski definition) is 2. The Morgan fingerprint density at radius 1 is 1.36 bits per heavy atom. The van der Waals surface area contributed by atoms with E-state index in [1.807, 2.05) is 0 Å². The van der Waals surface area contributed by atoms with Gasteiger partial charge in [0.05, 0.1) is 0 Å². The van der Waals surface area contributed by atoms with Crippen LogP contribution in [0.3, 0.4) is 0 Å². The molecule has 0 unspecified atom stereocenters. The third-order valence-electron chi connectivity index (χ3n) is 0. The Morgan fingerprint density at radius 2 is 1.36 bits per heavy atom. The molecule has 0 atom stereocenters. The van der Waals surface area contributed by atoms with Crippen LogP contribution in [0.25, 0.3) is 26.4 Å². The molecule has 0 rings (SSSR count). The minimum Gasteiger partial charge on any atom is -0.373 e. The summed E-state index contributed by atoms with van der Waals surface area (Å²) >= 11 is 0. The van der Waals surface area contributed by atoms with Gasteiger partial charge in [-0.15, -0.1) is 5.53 Å². The Morgan fingerprint density at radius 3 is 1.36 bits per heavy atom. The second kappa shape index (κ2) is 11.6. The lowest BCUT2D eigenvalue weighted by Gasteiger charge is -1.65. The predicted molar refractivity (Wildman–Crippen MR) is 36.9 cm³/mol. The quantitative estimate of drug-likeness (QED) is 0.200. The van der Waals surface area contributed by atoms with Crippen LogP contribution in [-0.2, 0) is 9.33 Å². The molecule has 0 bridgehead atoms. The van der Waals surface area contributed by atoms with Gasteiger partial charge in [-0.05, 0) is 10.4 Å². The molecule has 64 valence electrons. The molecule has 0 heterocycles. The van der Waals surface area contributed by atoms with Crippen molar-refractivity contribution in [1.82, 2.24) is 0 Å². The Hall–Kier alpha value is -1.18. The van der Waals surface area contributed by atoms with E-state index < -0.39 is 9.33 Å². The first kappa shape index (κ1) is 16.4. The summed E-state index contributed by atoms with van der Waals surface area (Å²) in [5.74, 6) is 0. The van der Waals surface area contributed by atoms with Gasteiger partial charge in [-0.25, -0.2) is 0 Å². The number of hydrogen-bond acceptors (Lipinski definition) is 3. The van der Waals surface area contributed by atoms with E-state index >= 15 is 0 Å². The van der Waals surface area contributed by atoms with E-state index in [9.17, 15) is 0 Å². The van der Waals surface area contributed by atoms with Gasteiger partial charge in [-0.3, -0.25) is 9.46 Å². The predicted octanol–water partition coefficient (Wildman–Crippen LogP) is 1.77. The molecule has 11 heavy (non-hydrogen) atoms. The first-order chi connectivity index (χ1) is 4.83. The van der Waals surface area contributed by atoms with Crippen molar-refractivity contribution in [2.24, 2.45) is 0 Å². The zero-order chi connectivity index (χ0) is 9.91. The molecule has 0 aromatic heterocycles. The summed E-state index contributed by atoms with van der Waals surface area (Å²) < 4.78 is 25.2. The summed E-state index contributed by atoms with van der Waals surface area (Å²) in [5.41, 5.74) is 25.8. The minimum absolute atomic E-state index is 1.50. The highest BCUT2D eigenvalue weighted by Crippen LogP contribution is 1.82. The third-order valence-corrected chi connectivity index (χ3v) is 0. The van der Waals surface area contributed by atoms with Crippen LogP contribution in [0.2, 0.25) is 0 Å². The topological polar surface area (TPSA) is 173 Å². The first-order valence-corrected chi connectivity index (χ1v) is 3.76. The minimum atomic E-state index is -4.19. The van der Waals surface area contributed by atoms with Crippen molar-refractivity contribution in [2.75, 3.05) is 0 Å². The largest absolute Gasteiger partial charge is 0.373 e. The van der Waals surface area contributed by atoms with Crippen molar-refractivity contribution in [2.45, 2.75) is 0 Å². The van der Waals surface area contributed by atoms with Gasteiger partial charge in [0.15, 0.2) is 0 Å². The van der Waals surface area contributed by atoms with Crippen LogP contribution < -0.4 is 0 Å². The lowest BCUT2D eigenvalue weighted by molar-refractivity contribution is 0.501. The Balaban J connectivity index is -0.0000000933. The molecule has 0 radical (unpaired) electrons. The van der Waals surface area contributed by atoms with Gasteiger partial charge in [-0.2, -0.15) is 8.42 Å². The highest BCUT2D eigenvalue weighted by Gasteiger charge is 1.86. The highest BCUT2D eigenvalue weighted by molar-refractivity contribution is 8.09. The average Bonchev–Trinajstić information content (AvgIpc) is 1.62. The maximum atomic E-state index is 8.95.